The highest BCUT2D eigenvalue weighted by Crippen LogP contribution is 2.31. The average molecular weight is 367 g/mol. The Morgan fingerprint density at radius 2 is 1.77 bits per heavy atom. The summed E-state index contributed by atoms with van der Waals surface area (Å²) in [4.78, 5) is 23.3. The van der Waals surface area contributed by atoms with Crippen LogP contribution in [0.2, 0.25) is 0 Å². The second kappa shape index (κ2) is 8.37. The molecular weight excluding hydrogens is 351 g/mol. The number of para-hydroxylation sites is 1. The van der Waals surface area contributed by atoms with Gasteiger partial charge in [-0.2, -0.15) is 13.2 Å². The molecule has 0 aliphatic carbocycles. The number of esters is 1. The second-order valence-corrected chi connectivity index (χ2v) is 5.34. The van der Waals surface area contributed by atoms with Crippen LogP contribution in [-0.2, 0) is 20.5 Å². The summed E-state index contributed by atoms with van der Waals surface area (Å²) in [5.41, 5.74) is 0.551. The summed E-state index contributed by atoms with van der Waals surface area (Å²) >= 11 is 0. The van der Waals surface area contributed by atoms with E-state index in [0.717, 1.165) is 17.7 Å². The molecule has 8 heteroatoms. The largest absolute Gasteiger partial charge is 0.482 e. The van der Waals surface area contributed by atoms with E-state index in [1.54, 1.807) is 12.1 Å². The molecule has 0 bridgehead atoms. The number of carbonyl (C=O) groups excluding carboxylic acids is 2. The number of hydrogen-bond acceptors (Lipinski definition) is 4. The van der Waals surface area contributed by atoms with Gasteiger partial charge in [0.05, 0.1) is 5.56 Å². The van der Waals surface area contributed by atoms with Crippen molar-refractivity contribution in [3.05, 3.63) is 59.7 Å². The minimum absolute atomic E-state index is 0.124. The fraction of sp³-hybridized carbons (Fsp3) is 0.222. The summed E-state index contributed by atoms with van der Waals surface area (Å²) in [7, 11) is 0. The van der Waals surface area contributed by atoms with Gasteiger partial charge in [-0.1, -0.05) is 24.3 Å². The molecule has 5 nitrogen and oxygen atoms in total. The number of nitrogens with one attached hydrogen (secondary N) is 1. The molecule has 138 valence electrons. The topological polar surface area (TPSA) is 64.6 Å². The van der Waals surface area contributed by atoms with Crippen LogP contribution in [0.25, 0.3) is 0 Å². The number of carbonyl (C=O) groups is 2. The predicted molar refractivity (Wildman–Crippen MR) is 87.7 cm³/mol. The van der Waals surface area contributed by atoms with Crippen LogP contribution in [0.4, 0.5) is 18.9 Å². The van der Waals surface area contributed by atoms with E-state index in [1.807, 2.05) is 19.1 Å². The summed E-state index contributed by atoms with van der Waals surface area (Å²) in [5, 5.41) is 2.58. The van der Waals surface area contributed by atoms with Crippen LogP contribution in [0, 0.1) is 6.92 Å². The monoisotopic (exact) mass is 367 g/mol. The molecule has 0 aliphatic heterocycles. The molecule has 1 amide bonds. The number of aryl methyl sites for hydroxylation is 1. The van der Waals surface area contributed by atoms with Gasteiger partial charge >= 0.3 is 12.1 Å². The van der Waals surface area contributed by atoms with Crippen LogP contribution in [-0.4, -0.2) is 25.1 Å². The van der Waals surface area contributed by atoms with Gasteiger partial charge < -0.3 is 14.8 Å². The Balaban J connectivity index is 1.79. The zero-order valence-corrected chi connectivity index (χ0v) is 13.8. The molecule has 0 spiro atoms. The number of amides is 1. The second-order valence-electron chi connectivity index (χ2n) is 5.34. The maximum atomic E-state index is 12.6. The number of ether oxygens (including phenoxy) is 2. The first kappa shape index (κ1) is 19.3. The molecule has 0 atom stereocenters. The molecule has 2 aromatic carbocycles. The quantitative estimate of drug-likeness (QED) is 0.793. The highest BCUT2D eigenvalue weighted by molar-refractivity contribution is 5.93. The number of anilines is 1. The van der Waals surface area contributed by atoms with Gasteiger partial charge in [0, 0.05) is 5.69 Å². The van der Waals surface area contributed by atoms with Crippen LogP contribution in [0.1, 0.15) is 11.1 Å². The molecule has 26 heavy (non-hydrogen) atoms. The molecule has 2 aromatic rings. The van der Waals surface area contributed by atoms with E-state index in [0.29, 0.717) is 5.69 Å². The van der Waals surface area contributed by atoms with Crippen molar-refractivity contribution in [3.8, 4) is 5.75 Å². The summed E-state index contributed by atoms with van der Waals surface area (Å²) in [6, 6.07) is 11.2. The third kappa shape index (κ3) is 5.80. The third-order valence-corrected chi connectivity index (χ3v) is 3.30. The minimum atomic E-state index is -4.51. The highest BCUT2D eigenvalue weighted by atomic mass is 19.4. The maximum absolute atomic E-state index is 12.6. The van der Waals surface area contributed by atoms with Crippen LogP contribution in [0.15, 0.2) is 48.5 Å². The van der Waals surface area contributed by atoms with E-state index in [-0.39, 0.29) is 5.75 Å². The van der Waals surface area contributed by atoms with E-state index in [9.17, 15) is 22.8 Å². The minimum Gasteiger partial charge on any atom is -0.482 e. The van der Waals surface area contributed by atoms with Crippen molar-refractivity contribution >= 4 is 17.6 Å². The van der Waals surface area contributed by atoms with Crippen molar-refractivity contribution in [2.75, 3.05) is 18.5 Å². The molecule has 0 radical (unpaired) electrons. The summed E-state index contributed by atoms with van der Waals surface area (Å²) in [5.74, 6) is -1.53. The number of hydrogen-bond donors (Lipinski definition) is 1. The van der Waals surface area contributed by atoms with Crippen LogP contribution >= 0.6 is 0 Å². The Kier molecular flexibility index (Phi) is 6.21. The van der Waals surface area contributed by atoms with Gasteiger partial charge in [0.1, 0.15) is 5.75 Å². The van der Waals surface area contributed by atoms with Gasteiger partial charge in [0.15, 0.2) is 13.2 Å². The summed E-state index contributed by atoms with van der Waals surface area (Å²) in [6.45, 7) is 0.669. The van der Waals surface area contributed by atoms with Crippen LogP contribution in [0.5, 0.6) is 5.75 Å². The van der Waals surface area contributed by atoms with E-state index in [1.165, 1.54) is 12.1 Å². The molecule has 0 saturated carbocycles. The Labute approximate surface area is 147 Å². The molecule has 0 aromatic heterocycles. The SMILES string of the molecule is Cc1ccccc1NC(=O)COC(=O)COc1cccc(C(F)(F)F)c1. The summed E-state index contributed by atoms with van der Waals surface area (Å²) in [6.07, 6.45) is -4.51. The van der Waals surface area contributed by atoms with Gasteiger partial charge in [0.2, 0.25) is 0 Å². The highest BCUT2D eigenvalue weighted by Gasteiger charge is 2.30. The van der Waals surface area contributed by atoms with Crippen molar-refractivity contribution < 1.29 is 32.2 Å². The van der Waals surface area contributed by atoms with Crippen molar-refractivity contribution in [1.82, 2.24) is 0 Å². The first-order chi connectivity index (χ1) is 12.3. The zero-order valence-electron chi connectivity index (χ0n) is 13.8. The van der Waals surface area contributed by atoms with Crippen molar-refractivity contribution in [2.45, 2.75) is 13.1 Å². The molecule has 0 saturated heterocycles. The lowest BCUT2D eigenvalue weighted by Crippen LogP contribution is -2.24. The van der Waals surface area contributed by atoms with Gasteiger partial charge in [0.25, 0.3) is 5.91 Å². The Morgan fingerprint density at radius 3 is 2.46 bits per heavy atom. The molecule has 2 rings (SSSR count). The lowest BCUT2D eigenvalue weighted by Gasteiger charge is -2.11. The van der Waals surface area contributed by atoms with Crippen LogP contribution in [0.3, 0.4) is 0 Å². The standard InChI is InChI=1S/C18H16F3NO4/c1-12-5-2-3-8-15(12)22-16(23)10-26-17(24)11-25-14-7-4-6-13(9-14)18(19,20)21/h2-9H,10-11H2,1H3,(H,22,23). The summed E-state index contributed by atoms with van der Waals surface area (Å²) < 4.78 is 47.5. The first-order valence-corrected chi connectivity index (χ1v) is 7.57. The lowest BCUT2D eigenvalue weighted by atomic mass is 10.2. The van der Waals surface area contributed by atoms with Crippen molar-refractivity contribution in [1.29, 1.82) is 0 Å². The number of halogens is 3. The van der Waals surface area contributed by atoms with E-state index >= 15 is 0 Å². The zero-order chi connectivity index (χ0) is 19.2. The molecule has 1 N–H and O–H groups in total. The Bertz CT molecular complexity index is 790. The van der Waals surface area contributed by atoms with Crippen molar-refractivity contribution in [2.24, 2.45) is 0 Å². The molecule has 0 fully saturated rings. The predicted octanol–water partition coefficient (Wildman–Crippen LogP) is 3.57. The normalized spacial score (nSPS) is 10.9. The Hall–Kier alpha value is -3.03. The van der Waals surface area contributed by atoms with Gasteiger partial charge in [-0.05, 0) is 36.8 Å². The van der Waals surface area contributed by atoms with E-state index < -0.39 is 36.8 Å². The van der Waals surface area contributed by atoms with Crippen LogP contribution < -0.4 is 10.1 Å². The number of alkyl halides is 3. The lowest BCUT2D eigenvalue weighted by molar-refractivity contribution is -0.149. The Morgan fingerprint density at radius 1 is 1.04 bits per heavy atom. The van der Waals surface area contributed by atoms with Crippen molar-refractivity contribution in [3.63, 3.8) is 0 Å². The van der Waals surface area contributed by atoms with Gasteiger partial charge in [-0.3, -0.25) is 4.79 Å². The molecule has 0 unspecified atom stereocenters. The molecule has 0 aliphatic rings. The number of benzene rings is 2. The van der Waals surface area contributed by atoms with Gasteiger partial charge in [-0.15, -0.1) is 0 Å². The average Bonchev–Trinajstić information content (AvgIpc) is 2.60. The smallest absolute Gasteiger partial charge is 0.416 e. The number of rotatable bonds is 6. The fourth-order valence-corrected chi connectivity index (χ4v) is 1.99. The van der Waals surface area contributed by atoms with E-state index in [4.69, 9.17) is 9.47 Å². The first-order valence-electron chi connectivity index (χ1n) is 7.57. The molecule has 0 heterocycles. The van der Waals surface area contributed by atoms with E-state index in [2.05, 4.69) is 5.32 Å². The third-order valence-electron chi connectivity index (χ3n) is 3.30. The fourth-order valence-electron chi connectivity index (χ4n) is 1.99. The molecular formula is C18H16F3NO4. The maximum Gasteiger partial charge on any atom is 0.416 e. The van der Waals surface area contributed by atoms with Gasteiger partial charge in [-0.25, -0.2) is 4.79 Å².